The van der Waals surface area contributed by atoms with E-state index in [4.69, 9.17) is 22.1 Å². The van der Waals surface area contributed by atoms with Crippen LogP contribution in [-0.2, 0) is 18.0 Å². The van der Waals surface area contributed by atoms with E-state index in [0.717, 1.165) is 22.1 Å². The highest BCUT2D eigenvalue weighted by Crippen LogP contribution is 2.37. The number of benzene rings is 2. The summed E-state index contributed by atoms with van der Waals surface area (Å²) in [5, 5.41) is 3.46. The zero-order valence-corrected chi connectivity index (χ0v) is 13.9. The number of halogens is 1. The van der Waals surface area contributed by atoms with E-state index in [1.165, 1.54) is 17.1 Å². The number of anilines is 1. The molecule has 0 atom stereocenters. The fourth-order valence-electron chi connectivity index (χ4n) is 2.90. The average molecular weight is 345 g/mol. The van der Waals surface area contributed by atoms with E-state index >= 15 is 0 Å². The summed E-state index contributed by atoms with van der Waals surface area (Å²) in [6.07, 6.45) is 1.91. The predicted octanol–water partition coefficient (Wildman–Crippen LogP) is 3.68. The van der Waals surface area contributed by atoms with Gasteiger partial charge in [-0.15, -0.1) is 0 Å². The van der Waals surface area contributed by atoms with Crippen molar-refractivity contribution >= 4 is 40.1 Å². The van der Waals surface area contributed by atoms with Crippen LogP contribution in [0, 0.1) is 0 Å². The third-order valence-corrected chi connectivity index (χ3v) is 4.58. The number of nitrogens with two attached hydrogens (primary N) is 1. The Kier molecular flexibility index (Phi) is 3.60. The average Bonchev–Trinajstić information content (AvgIpc) is 2.54. The van der Waals surface area contributed by atoms with Crippen LogP contribution < -0.4 is 5.73 Å². The molecule has 0 bridgehead atoms. The van der Waals surface area contributed by atoms with Crippen molar-refractivity contribution in [3.63, 3.8) is 0 Å². The first-order valence-electron chi connectivity index (χ1n) is 7.03. The van der Waals surface area contributed by atoms with Gasteiger partial charge >= 0.3 is 0 Å². The standard InChI is InChI=1S/C16H13ClN4OS/c1-23-16-20-14(19-15(18)21-16)11-3-2-8-6-22-7-9-4-10(17)5-12(11)13(8)9/h2-5H,6-7H2,1H3,(H2,18,19,20,21). The molecule has 0 amide bonds. The molecule has 5 nitrogen and oxygen atoms in total. The van der Waals surface area contributed by atoms with E-state index in [1.807, 2.05) is 30.5 Å². The second-order valence-corrected chi connectivity index (χ2v) is 6.47. The molecule has 2 N–H and O–H groups in total. The minimum atomic E-state index is 0.217. The molecule has 4 rings (SSSR count). The number of rotatable bonds is 2. The normalized spacial score (nSPS) is 13.5. The number of aromatic nitrogens is 3. The summed E-state index contributed by atoms with van der Waals surface area (Å²) in [5.74, 6) is 0.780. The molecule has 0 unspecified atom stereocenters. The minimum absolute atomic E-state index is 0.217. The quantitative estimate of drug-likeness (QED) is 0.715. The molecule has 0 saturated heterocycles. The highest BCUT2D eigenvalue weighted by molar-refractivity contribution is 7.98. The Bertz CT molecular complexity index is 932. The number of nitrogen functional groups attached to an aromatic ring is 1. The zero-order valence-electron chi connectivity index (χ0n) is 12.3. The molecule has 0 aliphatic carbocycles. The van der Waals surface area contributed by atoms with Crippen LogP contribution in [0.4, 0.5) is 5.95 Å². The molecule has 0 radical (unpaired) electrons. The lowest BCUT2D eigenvalue weighted by atomic mass is 9.94. The van der Waals surface area contributed by atoms with E-state index < -0.39 is 0 Å². The summed E-state index contributed by atoms with van der Waals surface area (Å²) in [5.41, 5.74) is 8.96. The van der Waals surface area contributed by atoms with E-state index in [-0.39, 0.29) is 5.95 Å². The first-order valence-corrected chi connectivity index (χ1v) is 8.63. The molecule has 0 fully saturated rings. The lowest BCUT2D eigenvalue weighted by Crippen LogP contribution is -2.06. The van der Waals surface area contributed by atoms with Crippen molar-refractivity contribution in [1.29, 1.82) is 0 Å². The Hall–Kier alpha value is -1.89. The summed E-state index contributed by atoms with van der Waals surface area (Å²) in [6, 6.07) is 7.94. The fraction of sp³-hybridized carbons (Fsp3) is 0.188. The molecule has 1 aromatic heterocycles. The Labute approximate surface area is 142 Å². The minimum Gasteiger partial charge on any atom is -0.372 e. The van der Waals surface area contributed by atoms with Gasteiger partial charge in [0.25, 0.3) is 0 Å². The van der Waals surface area contributed by atoms with Crippen LogP contribution in [0.3, 0.4) is 0 Å². The van der Waals surface area contributed by atoms with Crippen molar-refractivity contribution in [1.82, 2.24) is 15.0 Å². The van der Waals surface area contributed by atoms with Crippen molar-refractivity contribution in [2.24, 2.45) is 0 Å². The summed E-state index contributed by atoms with van der Waals surface area (Å²) in [6.45, 7) is 1.16. The number of hydrogen-bond donors (Lipinski definition) is 1. The lowest BCUT2D eigenvalue weighted by molar-refractivity contribution is 0.103. The van der Waals surface area contributed by atoms with Gasteiger partial charge in [0.05, 0.1) is 13.2 Å². The molecule has 1 aliphatic rings. The largest absolute Gasteiger partial charge is 0.372 e. The predicted molar refractivity (Wildman–Crippen MR) is 92.5 cm³/mol. The van der Waals surface area contributed by atoms with Crippen LogP contribution in [0.25, 0.3) is 22.2 Å². The molecule has 0 saturated carbocycles. The molecule has 23 heavy (non-hydrogen) atoms. The molecule has 3 aromatic rings. The molecule has 1 aliphatic heterocycles. The fourth-order valence-corrected chi connectivity index (χ4v) is 3.50. The summed E-state index contributed by atoms with van der Waals surface area (Å²) in [7, 11) is 0. The molecular formula is C16H13ClN4OS. The van der Waals surface area contributed by atoms with Crippen LogP contribution in [0.5, 0.6) is 0 Å². The molecule has 7 heteroatoms. The second kappa shape index (κ2) is 5.63. The van der Waals surface area contributed by atoms with Gasteiger partial charge in [0.1, 0.15) is 0 Å². The van der Waals surface area contributed by atoms with Crippen LogP contribution in [-0.4, -0.2) is 21.2 Å². The highest BCUT2D eigenvalue weighted by atomic mass is 35.5. The Morgan fingerprint density at radius 3 is 2.78 bits per heavy atom. The third-order valence-electron chi connectivity index (χ3n) is 3.82. The number of thioether (sulfide) groups is 1. The van der Waals surface area contributed by atoms with Crippen LogP contribution in [0.2, 0.25) is 5.02 Å². The van der Waals surface area contributed by atoms with Gasteiger partial charge in [-0.25, -0.2) is 4.98 Å². The van der Waals surface area contributed by atoms with Crippen LogP contribution >= 0.6 is 23.4 Å². The monoisotopic (exact) mass is 344 g/mol. The van der Waals surface area contributed by atoms with Gasteiger partial charge in [0, 0.05) is 10.6 Å². The topological polar surface area (TPSA) is 73.9 Å². The molecular weight excluding hydrogens is 332 g/mol. The van der Waals surface area contributed by atoms with Gasteiger partial charge in [0.2, 0.25) is 5.95 Å². The summed E-state index contributed by atoms with van der Waals surface area (Å²) >= 11 is 7.72. The first-order chi connectivity index (χ1) is 11.2. The highest BCUT2D eigenvalue weighted by Gasteiger charge is 2.18. The van der Waals surface area contributed by atoms with E-state index in [0.29, 0.717) is 29.2 Å². The van der Waals surface area contributed by atoms with Crippen LogP contribution in [0.1, 0.15) is 11.1 Å². The summed E-state index contributed by atoms with van der Waals surface area (Å²) < 4.78 is 5.62. The van der Waals surface area contributed by atoms with E-state index in [2.05, 4.69) is 15.0 Å². The van der Waals surface area contributed by atoms with Gasteiger partial charge < -0.3 is 10.5 Å². The molecule has 2 aromatic carbocycles. The van der Waals surface area contributed by atoms with Crippen LogP contribution in [0.15, 0.2) is 29.4 Å². The molecule has 116 valence electrons. The molecule has 0 spiro atoms. The lowest BCUT2D eigenvalue weighted by Gasteiger charge is -2.20. The van der Waals surface area contributed by atoms with Gasteiger partial charge in [0.15, 0.2) is 11.0 Å². The van der Waals surface area contributed by atoms with E-state index in [9.17, 15) is 0 Å². The second-order valence-electron chi connectivity index (χ2n) is 5.26. The van der Waals surface area contributed by atoms with Crippen molar-refractivity contribution in [3.05, 3.63) is 40.4 Å². The SMILES string of the molecule is CSc1nc(N)nc(-c2ccc3c4c(cc(Cl)cc24)COC3)n1. The van der Waals surface area contributed by atoms with Gasteiger partial charge in [-0.2, -0.15) is 9.97 Å². The maximum absolute atomic E-state index is 6.29. The number of hydrogen-bond acceptors (Lipinski definition) is 6. The number of nitrogens with zero attached hydrogens (tertiary/aromatic N) is 3. The zero-order chi connectivity index (χ0) is 16.0. The van der Waals surface area contributed by atoms with Crippen molar-refractivity contribution in [3.8, 4) is 11.4 Å². The first kappa shape index (κ1) is 14.7. The third kappa shape index (κ3) is 2.52. The number of ether oxygens (including phenoxy) is 1. The van der Waals surface area contributed by atoms with Crippen molar-refractivity contribution in [2.75, 3.05) is 12.0 Å². The maximum atomic E-state index is 6.29. The molecule has 2 heterocycles. The van der Waals surface area contributed by atoms with Gasteiger partial charge in [-0.1, -0.05) is 35.5 Å². The Balaban J connectivity index is 2.04. The maximum Gasteiger partial charge on any atom is 0.224 e. The Morgan fingerprint density at radius 1 is 1.13 bits per heavy atom. The van der Waals surface area contributed by atoms with Crippen molar-refractivity contribution in [2.45, 2.75) is 18.4 Å². The van der Waals surface area contributed by atoms with E-state index in [1.54, 1.807) is 0 Å². The summed E-state index contributed by atoms with van der Waals surface area (Å²) in [4.78, 5) is 12.9. The van der Waals surface area contributed by atoms with Gasteiger partial charge in [-0.05, 0) is 40.3 Å². The van der Waals surface area contributed by atoms with Crippen molar-refractivity contribution < 1.29 is 4.74 Å². The Morgan fingerprint density at radius 2 is 1.96 bits per heavy atom. The van der Waals surface area contributed by atoms with Gasteiger partial charge in [-0.3, -0.25) is 0 Å². The smallest absolute Gasteiger partial charge is 0.224 e.